The van der Waals surface area contributed by atoms with E-state index >= 15 is 0 Å². The van der Waals surface area contributed by atoms with Crippen LogP contribution in [0.2, 0.25) is 0 Å². The van der Waals surface area contributed by atoms with Crippen LogP contribution in [0.3, 0.4) is 0 Å². The topological polar surface area (TPSA) is 92.7 Å². The number of methoxy groups -OCH3 is 1. The van der Waals surface area contributed by atoms with E-state index in [2.05, 4.69) is 4.72 Å². The van der Waals surface area contributed by atoms with E-state index in [1.54, 1.807) is 18.2 Å². The van der Waals surface area contributed by atoms with Crippen LogP contribution in [0.5, 0.6) is 0 Å². The molecule has 6 nitrogen and oxygen atoms in total. The molecule has 0 aliphatic heterocycles. The molecule has 1 atom stereocenters. The Bertz CT molecular complexity index is 500. The smallest absolute Gasteiger partial charge is 0.321 e. The molecule has 0 aromatic heterocycles. The molecule has 1 aromatic carbocycles. The fraction of sp³-hybridized carbons (Fsp3) is 0.417. The summed E-state index contributed by atoms with van der Waals surface area (Å²) in [4.78, 5) is 11.1. The van der Waals surface area contributed by atoms with Gasteiger partial charge in [-0.15, -0.1) is 0 Å². The van der Waals surface area contributed by atoms with Crippen LogP contribution in [0.25, 0.3) is 0 Å². The molecule has 0 aliphatic carbocycles. The van der Waals surface area contributed by atoms with Gasteiger partial charge in [0.2, 0.25) is 10.0 Å². The van der Waals surface area contributed by atoms with E-state index in [0.717, 1.165) is 0 Å². The van der Waals surface area contributed by atoms with Crippen molar-refractivity contribution in [3.63, 3.8) is 0 Å². The maximum Gasteiger partial charge on any atom is 0.321 e. The first kappa shape index (κ1) is 15.6. The third kappa shape index (κ3) is 4.98. The van der Waals surface area contributed by atoms with Gasteiger partial charge in [0, 0.05) is 13.7 Å². The van der Waals surface area contributed by atoms with Gasteiger partial charge in [0.1, 0.15) is 6.04 Å². The summed E-state index contributed by atoms with van der Waals surface area (Å²) < 4.78 is 30.9. The predicted molar refractivity (Wildman–Crippen MR) is 69.3 cm³/mol. The van der Waals surface area contributed by atoms with Crippen LogP contribution < -0.4 is 4.72 Å². The molecular weight excluding hydrogens is 270 g/mol. The van der Waals surface area contributed by atoms with Crippen molar-refractivity contribution in [2.24, 2.45) is 0 Å². The normalized spacial score (nSPS) is 13.1. The molecule has 19 heavy (non-hydrogen) atoms. The first-order valence-corrected chi connectivity index (χ1v) is 7.25. The number of sulfonamides is 1. The van der Waals surface area contributed by atoms with Gasteiger partial charge >= 0.3 is 5.97 Å². The predicted octanol–water partition coefficient (Wildman–Crippen LogP) is 0.845. The highest BCUT2D eigenvalue weighted by Crippen LogP contribution is 2.10. The number of rotatable bonds is 8. The summed E-state index contributed by atoms with van der Waals surface area (Å²) in [5.41, 5.74) is 0. The first-order chi connectivity index (χ1) is 8.97. The van der Waals surface area contributed by atoms with Gasteiger partial charge < -0.3 is 9.84 Å². The van der Waals surface area contributed by atoms with Crippen LogP contribution in [0, 0.1) is 0 Å². The number of benzene rings is 1. The van der Waals surface area contributed by atoms with E-state index in [0.29, 0.717) is 13.0 Å². The molecule has 0 radical (unpaired) electrons. The fourth-order valence-corrected chi connectivity index (χ4v) is 2.76. The van der Waals surface area contributed by atoms with Crippen LogP contribution in [0.15, 0.2) is 35.2 Å². The van der Waals surface area contributed by atoms with Crippen LogP contribution >= 0.6 is 0 Å². The molecule has 2 N–H and O–H groups in total. The van der Waals surface area contributed by atoms with Crippen molar-refractivity contribution in [1.29, 1.82) is 0 Å². The van der Waals surface area contributed by atoms with Gasteiger partial charge in [-0.05, 0) is 25.0 Å². The number of nitrogens with one attached hydrogen (secondary N) is 1. The summed E-state index contributed by atoms with van der Waals surface area (Å²) in [7, 11) is -2.31. The number of carbonyl (C=O) groups is 1. The molecule has 1 aromatic rings. The number of ether oxygens (including phenoxy) is 1. The molecule has 1 rings (SSSR count). The number of aliphatic carboxylic acids is 1. The Kier molecular flexibility index (Phi) is 5.94. The highest BCUT2D eigenvalue weighted by Gasteiger charge is 2.24. The lowest BCUT2D eigenvalue weighted by Gasteiger charge is -2.14. The molecule has 0 heterocycles. The number of carboxylic acid groups (broad SMARTS) is 1. The van der Waals surface area contributed by atoms with Gasteiger partial charge in [-0.1, -0.05) is 18.2 Å². The zero-order chi connectivity index (χ0) is 14.3. The summed E-state index contributed by atoms with van der Waals surface area (Å²) in [6.07, 6.45) is 0.639. The van der Waals surface area contributed by atoms with Crippen molar-refractivity contribution in [2.45, 2.75) is 23.8 Å². The Morgan fingerprint density at radius 1 is 1.37 bits per heavy atom. The Morgan fingerprint density at radius 3 is 2.53 bits per heavy atom. The van der Waals surface area contributed by atoms with Gasteiger partial charge in [-0.25, -0.2) is 8.42 Å². The number of hydrogen-bond donors (Lipinski definition) is 2. The largest absolute Gasteiger partial charge is 0.480 e. The minimum absolute atomic E-state index is 0.0491. The van der Waals surface area contributed by atoms with E-state index < -0.39 is 22.0 Å². The van der Waals surface area contributed by atoms with Crippen molar-refractivity contribution in [1.82, 2.24) is 4.72 Å². The fourth-order valence-electron chi connectivity index (χ4n) is 1.52. The van der Waals surface area contributed by atoms with Gasteiger partial charge in [0.15, 0.2) is 0 Å². The van der Waals surface area contributed by atoms with Gasteiger partial charge in [0.25, 0.3) is 0 Å². The molecule has 0 spiro atoms. The zero-order valence-electron chi connectivity index (χ0n) is 10.6. The van der Waals surface area contributed by atoms with Gasteiger partial charge in [-0.3, -0.25) is 4.79 Å². The van der Waals surface area contributed by atoms with Crippen molar-refractivity contribution < 1.29 is 23.1 Å². The standard InChI is InChI=1S/C12H17NO5S/c1-18-9-5-8-11(12(14)15)13-19(16,17)10-6-3-2-4-7-10/h2-4,6-7,11,13H,5,8-9H2,1H3,(H,14,15). The SMILES string of the molecule is COCCCC(NS(=O)(=O)c1ccccc1)C(=O)O. The Morgan fingerprint density at radius 2 is 2.00 bits per heavy atom. The third-order valence-electron chi connectivity index (χ3n) is 2.49. The molecule has 0 amide bonds. The summed E-state index contributed by atoms with van der Waals surface area (Å²) in [5, 5.41) is 9.02. The zero-order valence-corrected chi connectivity index (χ0v) is 11.4. The monoisotopic (exact) mass is 287 g/mol. The summed E-state index contributed by atoms with van der Waals surface area (Å²) in [5.74, 6) is -1.20. The van der Waals surface area contributed by atoms with Gasteiger partial charge in [0.05, 0.1) is 4.90 Å². The molecule has 7 heteroatoms. The average molecular weight is 287 g/mol. The van der Waals surface area contributed by atoms with Crippen molar-refractivity contribution in [2.75, 3.05) is 13.7 Å². The summed E-state index contributed by atoms with van der Waals surface area (Å²) >= 11 is 0. The van der Waals surface area contributed by atoms with Crippen molar-refractivity contribution >= 4 is 16.0 Å². The second kappa shape index (κ2) is 7.22. The molecule has 0 aliphatic rings. The highest BCUT2D eigenvalue weighted by atomic mass is 32.2. The quantitative estimate of drug-likeness (QED) is 0.691. The highest BCUT2D eigenvalue weighted by molar-refractivity contribution is 7.89. The minimum Gasteiger partial charge on any atom is -0.480 e. The Hall–Kier alpha value is -1.44. The van der Waals surface area contributed by atoms with Crippen LogP contribution in [-0.2, 0) is 19.6 Å². The summed E-state index contributed by atoms with van der Waals surface area (Å²) in [6.45, 7) is 0.386. The molecular formula is C12H17NO5S. The molecule has 0 bridgehead atoms. The second-order valence-electron chi connectivity index (χ2n) is 3.96. The minimum atomic E-state index is -3.81. The first-order valence-electron chi connectivity index (χ1n) is 5.76. The Balaban J connectivity index is 2.76. The van der Waals surface area contributed by atoms with Crippen LogP contribution in [0.1, 0.15) is 12.8 Å². The summed E-state index contributed by atoms with van der Waals surface area (Å²) in [6, 6.07) is 6.52. The van der Waals surface area contributed by atoms with Crippen LogP contribution in [-0.4, -0.2) is 39.3 Å². The number of hydrogen-bond acceptors (Lipinski definition) is 4. The molecule has 1 unspecified atom stereocenters. The second-order valence-corrected chi connectivity index (χ2v) is 5.67. The van der Waals surface area contributed by atoms with Crippen LogP contribution in [0.4, 0.5) is 0 Å². The molecule has 0 fully saturated rings. The third-order valence-corrected chi connectivity index (χ3v) is 3.98. The average Bonchev–Trinajstić information content (AvgIpc) is 2.38. The van der Waals surface area contributed by atoms with E-state index in [4.69, 9.17) is 9.84 Å². The van der Waals surface area contributed by atoms with Gasteiger partial charge in [-0.2, -0.15) is 4.72 Å². The molecule has 106 valence electrons. The van der Waals surface area contributed by atoms with E-state index in [9.17, 15) is 13.2 Å². The maximum absolute atomic E-state index is 12.0. The van der Waals surface area contributed by atoms with Crippen molar-refractivity contribution in [3.05, 3.63) is 30.3 Å². The van der Waals surface area contributed by atoms with E-state index in [1.807, 2.05) is 0 Å². The maximum atomic E-state index is 12.0. The van der Waals surface area contributed by atoms with E-state index in [-0.39, 0.29) is 11.3 Å². The Labute approximate surface area is 112 Å². The molecule has 0 saturated heterocycles. The van der Waals surface area contributed by atoms with Crippen molar-refractivity contribution in [3.8, 4) is 0 Å². The molecule has 0 saturated carbocycles. The van der Waals surface area contributed by atoms with E-state index in [1.165, 1.54) is 19.2 Å². The lowest BCUT2D eigenvalue weighted by molar-refractivity contribution is -0.139. The number of carboxylic acids is 1. The lowest BCUT2D eigenvalue weighted by Crippen LogP contribution is -2.40. The lowest BCUT2D eigenvalue weighted by atomic mass is 10.2.